The van der Waals surface area contributed by atoms with E-state index in [0.717, 1.165) is 15.8 Å². The van der Waals surface area contributed by atoms with Gasteiger partial charge in [-0.1, -0.05) is 29.8 Å². The first-order chi connectivity index (χ1) is 9.10. The lowest BCUT2D eigenvalue weighted by molar-refractivity contribution is 0.451. The summed E-state index contributed by atoms with van der Waals surface area (Å²) in [4.78, 5) is 7.98. The first-order valence-electron chi connectivity index (χ1n) is 5.79. The van der Waals surface area contributed by atoms with E-state index in [4.69, 9.17) is 10.00 Å². The van der Waals surface area contributed by atoms with Crippen molar-refractivity contribution in [1.29, 1.82) is 5.26 Å². The van der Waals surface area contributed by atoms with Crippen LogP contribution in [0.1, 0.15) is 31.0 Å². The Labute approximate surface area is 120 Å². The molecule has 0 unspecified atom stereocenters. The van der Waals surface area contributed by atoms with Gasteiger partial charge in [0.05, 0.1) is 12.4 Å². The Bertz CT molecular complexity index is 618. The highest BCUT2D eigenvalue weighted by molar-refractivity contribution is 9.10. The molecule has 19 heavy (non-hydrogen) atoms. The first-order valence-corrected chi connectivity index (χ1v) is 6.59. The maximum atomic E-state index is 8.67. The Hall–Kier alpha value is -1.93. The monoisotopic (exact) mass is 317 g/mol. The number of ether oxygens (including phenoxy) is 1. The van der Waals surface area contributed by atoms with E-state index < -0.39 is 0 Å². The Balaban J connectivity index is 2.30. The molecule has 0 amide bonds. The Kier molecular flexibility index (Phi) is 4.13. The SMILES string of the molecule is CC(C)c1cc(Br)ccc1Oc1cnc(C#N)cn1. The van der Waals surface area contributed by atoms with Crippen LogP contribution in [0.2, 0.25) is 0 Å². The van der Waals surface area contributed by atoms with Gasteiger partial charge in [0.15, 0.2) is 5.69 Å². The first kappa shape index (κ1) is 13.5. The number of hydrogen-bond donors (Lipinski definition) is 0. The number of nitrogens with zero attached hydrogens (tertiary/aromatic N) is 3. The minimum absolute atomic E-state index is 0.271. The summed E-state index contributed by atoms with van der Waals surface area (Å²) in [6.07, 6.45) is 2.84. The zero-order valence-corrected chi connectivity index (χ0v) is 12.2. The van der Waals surface area contributed by atoms with E-state index in [9.17, 15) is 0 Å². The van der Waals surface area contributed by atoms with Crippen LogP contribution in [-0.4, -0.2) is 9.97 Å². The molecule has 1 aromatic carbocycles. The number of benzene rings is 1. The van der Waals surface area contributed by atoms with Crippen molar-refractivity contribution in [1.82, 2.24) is 9.97 Å². The number of nitriles is 1. The Morgan fingerprint density at radius 3 is 2.63 bits per heavy atom. The molecule has 0 aliphatic carbocycles. The van der Waals surface area contributed by atoms with Crippen LogP contribution in [0.5, 0.6) is 11.6 Å². The maximum Gasteiger partial charge on any atom is 0.237 e. The van der Waals surface area contributed by atoms with E-state index in [2.05, 4.69) is 39.7 Å². The second-order valence-electron chi connectivity index (χ2n) is 4.29. The number of aromatic nitrogens is 2. The normalized spacial score (nSPS) is 10.3. The van der Waals surface area contributed by atoms with Crippen molar-refractivity contribution in [2.75, 3.05) is 0 Å². The summed E-state index contributed by atoms with van der Waals surface area (Å²) in [7, 11) is 0. The molecule has 96 valence electrons. The summed E-state index contributed by atoms with van der Waals surface area (Å²) in [5.74, 6) is 1.46. The van der Waals surface area contributed by atoms with E-state index >= 15 is 0 Å². The summed E-state index contributed by atoms with van der Waals surface area (Å²) in [5, 5.41) is 8.67. The summed E-state index contributed by atoms with van der Waals surface area (Å²) in [5.41, 5.74) is 1.35. The number of rotatable bonds is 3. The molecule has 2 rings (SSSR count). The van der Waals surface area contributed by atoms with E-state index in [1.807, 2.05) is 24.3 Å². The highest BCUT2D eigenvalue weighted by atomic mass is 79.9. The summed E-state index contributed by atoms with van der Waals surface area (Å²) < 4.78 is 6.73. The van der Waals surface area contributed by atoms with Gasteiger partial charge in [0.25, 0.3) is 0 Å². The summed E-state index contributed by atoms with van der Waals surface area (Å²) in [6.45, 7) is 4.19. The highest BCUT2D eigenvalue weighted by Gasteiger charge is 2.10. The molecule has 0 radical (unpaired) electrons. The molecular formula is C14H12BrN3O. The molecule has 5 heteroatoms. The fourth-order valence-corrected chi connectivity index (χ4v) is 1.98. The molecule has 0 bridgehead atoms. The largest absolute Gasteiger partial charge is 0.437 e. The van der Waals surface area contributed by atoms with Crippen molar-refractivity contribution in [3.63, 3.8) is 0 Å². The summed E-state index contributed by atoms with van der Waals surface area (Å²) in [6, 6.07) is 7.75. The minimum Gasteiger partial charge on any atom is -0.437 e. The molecule has 0 N–H and O–H groups in total. The molecule has 1 aromatic heterocycles. The maximum absolute atomic E-state index is 8.67. The molecule has 0 atom stereocenters. The van der Waals surface area contributed by atoms with Gasteiger partial charge in [0.1, 0.15) is 11.8 Å². The third-order valence-corrected chi connectivity index (χ3v) is 3.04. The average Bonchev–Trinajstić information content (AvgIpc) is 2.41. The fourth-order valence-electron chi connectivity index (χ4n) is 1.60. The van der Waals surface area contributed by atoms with E-state index in [-0.39, 0.29) is 5.69 Å². The molecule has 0 saturated carbocycles. The van der Waals surface area contributed by atoms with E-state index in [0.29, 0.717) is 11.8 Å². The zero-order valence-electron chi connectivity index (χ0n) is 10.6. The van der Waals surface area contributed by atoms with Crippen molar-refractivity contribution in [3.8, 4) is 17.7 Å². The summed E-state index contributed by atoms with van der Waals surface area (Å²) >= 11 is 3.45. The third kappa shape index (κ3) is 3.30. The van der Waals surface area contributed by atoms with Crippen molar-refractivity contribution in [3.05, 3.63) is 46.3 Å². The topological polar surface area (TPSA) is 58.8 Å². The van der Waals surface area contributed by atoms with Crippen molar-refractivity contribution in [2.24, 2.45) is 0 Å². The van der Waals surface area contributed by atoms with Gasteiger partial charge >= 0.3 is 0 Å². The van der Waals surface area contributed by atoms with Crippen LogP contribution in [0, 0.1) is 11.3 Å². The van der Waals surface area contributed by atoms with E-state index in [1.165, 1.54) is 12.4 Å². The minimum atomic E-state index is 0.271. The second-order valence-corrected chi connectivity index (χ2v) is 5.21. The van der Waals surface area contributed by atoms with Gasteiger partial charge in [-0.3, -0.25) is 0 Å². The zero-order chi connectivity index (χ0) is 13.8. The third-order valence-electron chi connectivity index (χ3n) is 2.55. The smallest absolute Gasteiger partial charge is 0.237 e. The van der Waals surface area contributed by atoms with Gasteiger partial charge in [-0.25, -0.2) is 9.97 Å². The highest BCUT2D eigenvalue weighted by Crippen LogP contribution is 2.31. The predicted molar refractivity (Wildman–Crippen MR) is 75.1 cm³/mol. The average molecular weight is 318 g/mol. The fraction of sp³-hybridized carbons (Fsp3) is 0.214. The number of hydrogen-bond acceptors (Lipinski definition) is 4. The van der Waals surface area contributed by atoms with Gasteiger partial charge in [0.2, 0.25) is 5.88 Å². The molecule has 0 spiro atoms. The van der Waals surface area contributed by atoms with Crippen LogP contribution < -0.4 is 4.74 Å². The van der Waals surface area contributed by atoms with Crippen LogP contribution in [0.4, 0.5) is 0 Å². The molecule has 1 heterocycles. The van der Waals surface area contributed by atoms with Gasteiger partial charge in [-0.15, -0.1) is 0 Å². The lowest BCUT2D eigenvalue weighted by atomic mass is 10.0. The van der Waals surface area contributed by atoms with Gasteiger partial charge < -0.3 is 4.74 Å². The van der Waals surface area contributed by atoms with E-state index in [1.54, 1.807) is 0 Å². The molecule has 0 aliphatic rings. The lowest BCUT2D eigenvalue weighted by Gasteiger charge is -2.13. The van der Waals surface area contributed by atoms with Gasteiger partial charge in [-0.2, -0.15) is 5.26 Å². The van der Waals surface area contributed by atoms with Crippen molar-refractivity contribution in [2.45, 2.75) is 19.8 Å². The van der Waals surface area contributed by atoms with Crippen molar-refractivity contribution >= 4 is 15.9 Å². The van der Waals surface area contributed by atoms with Crippen LogP contribution >= 0.6 is 15.9 Å². The van der Waals surface area contributed by atoms with Crippen LogP contribution in [0.25, 0.3) is 0 Å². The molecular weight excluding hydrogens is 306 g/mol. The second kappa shape index (κ2) is 5.81. The molecule has 0 fully saturated rings. The van der Waals surface area contributed by atoms with Crippen LogP contribution in [0.3, 0.4) is 0 Å². The number of halogens is 1. The Morgan fingerprint density at radius 2 is 2.05 bits per heavy atom. The van der Waals surface area contributed by atoms with Gasteiger partial charge in [-0.05, 0) is 29.7 Å². The predicted octanol–water partition coefficient (Wildman–Crippen LogP) is 4.03. The van der Waals surface area contributed by atoms with Crippen molar-refractivity contribution < 1.29 is 4.74 Å². The molecule has 0 saturated heterocycles. The molecule has 4 nitrogen and oxygen atoms in total. The van der Waals surface area contributed by atoms with Crippen LogP contribution in [-0.2, 0) is 0 Å². The van der Waals surface area contributed by atoms with Gasteiger partial charge in [0, 0.05) is 4.47 Å². The lowest BCUT2D eigenvalue weighted by Crippen LogP contribution is -1.96. The quantitative estimate of drug-likeness (QED) is 0.857. The molecule has 0 aliphatic heterocycles. The van der Waals surface area contributed by atoms with Crippen LogP contribution in [0.15, 0.2) is 35.1 Å². The standard InChI is InChI=1S/C14H12BrN3O/c1-9(2)12-5-10(15)3-4-13(12)19-14-8-17-11(6-16)7-18-14/h3-5,7-9H,1-2H3. The Morgan fingerprint density at radius 1 is 1.26 bits per heavy atom. The molecule has 2 aromatic rings.